The zero-order valence-corrected chi connectivity index (χ0v) is 13.9. The van der Waals surface area contributed by atoms with E-state index >= 15 is 0 Å². The summed E-state index contributed by atoms with van der Waals surface area (Å²) in [5, 5.41) is 11.5. The van der Waals surface area contributed by atoms with Gasteiger partial charge in [0.05, 0.1) is 11.4 Å². The summed E-state index contributed by atoms with van der Waals surface area (Å²) >= 11 is 2.74. The van der Waals surface area contributed by atoms with Gasteiger partial charge < -0.3 is 10.3 Å². The number of hydrogen-bond donors (Lipinski definition) is 2. The van der Waals surface area contributed by atoms with Crippen molar-refractivity contribution in [2.45, 2.75) is 25.1 Å². The van der Waals surface area contributed by atoms with Gasteiger partial charge >= 0.3 is 0 Å². The van der Waals surface area contributed by atoms with Crippen LogP contribution in [0.5, 0.6) is 0 Å². The smallest absolute Gasteiger partial charge is 0.206 e. The van der Waals surface area contributed by atoms with Crippen LogP contribution < -0.4 is 5.32 Å². The number of aromatic nitrogens is 3. The van der Waals surface area contributed by atoms with E-state index in [4.69, 9.17) is 0 Å². The predicted octanol–water partition coefficient (Wildman–Crippen LogP) is 2.70. The molecule has 2 rings (SSSR count). The van der Waals surface area contributed by atoms with Crippen molar-refractivity contribution in [3.8, 4) is 0 Å². The van der Waals surface area contributed by atoms with Crippen LogP contribution in [0.25, 0.3) is 0 Å². The maximum absolute atomic E-state index is 12.3. The lowest BCUT2D eigenvalue weighted by atomic mass is 10.1. The number of Topliss-reactive ketones (excluding diaryl/α,β-unsaturated/α-hetero) is 2. The largest absolute Gasteiger partial charge is 0.363 e. The second-order valence-electron chi connectivity index (χ2n) is 4.52. The Bertz CT molecular complexity index is 690. The zero-order valence-electron chi connectivity index (χ0n) is 12.2. The number of thioether (sulfide) groups is 1. The predicted molar refractivity (Wildman–Crippen MR) is 84.8 cm³/mol. The second kappa shape index (κ2) is 6.40. The number of anilines is 1. The Labute approximate surface area is 130 Å². The van der Waals surface area contributed by atoms with Crippen LogP contribution in [0.4, 0.5) is 5.13 Å². The molecule has 6 nitrogen and oxygen atoms in total. The van der Waals surface area contributed by atoms with Gasteiger partial charge in [-0.25, -0.2) is 0 Å². The number of ketones is 2. The minimum absolute atomic E-state index is 0.0317. The molecule has 0 saturated heterocycles. The lowest BCUT2D eigenvalue weighted by molar-refractivity contribution is 0.101. The fourth-order valence-electron chi connectivity index (χ4n) is 2.13. The van der Waals surface area contributed by atoms with E-state index in [-0.39, 0.29) is 17.3 Å². The molecule has 0 aliphatic carbocycles. The monoisotopic (exact) mass is 324 g/mol. The fourth-order valence-corrected chi connectivity index (χ4v) is 3.70. The minimum atomic E-state index is -0.0469. The van der Waals surface area contributed by atoms with E-state index in [1.54, 1.807) is 20.9 Å². The maximum Gasteiger partial charge on any atom is 0.206 e. The number of aryl methyl sites for hydroxylation is 1. The van der Waals surface area contributed by atoms with Gasteiger partial charge in [0.25, 0.3) is 0 Å². The molecule has 0 aliphatic heterocycles. The van der Waals surface area contributed by atoms with E-state index in [0.717, 1.165) is 20.7 Å². The lowest BCUT2D eigenvalue weighted by Crippen LogP contribution is -2.05. The van der Waals surface area contributed by atoms with E-state index < -0.39 is 0 Å². The van der Waals surface area contributed by atoms with Crippen LogP contribution in [-0.2, 0) is 0 Å². The Hall–Kier alpha value is -1.67. The Balaban J connectivity index is 2.10. The molecule has 0 aromatic carbocycles. The number of hydrogen-bond acceptors (Lipinski definition) is 7. The zero-order chi connectivity index (χ0) is 15.6. The molecule has 0 fully saturated rings. The molecule has 2 aromatic heterocycles. The molecule has 0 radical (unpaired) electrons. The first-order valence-electron chi connectivity index (χ1n) is 6.31. The number of H-pyrrole nitrogens is 1. The fraction of sp³-hybridized carbons (Fsp3) is 0.385. The molecule has 2 N–H and O–H groups in total. The summed E-state index contributed by atoms with van der Waals surface area (Å²) < 4.78 is 0.737. The number of nitrogens with zero attached hydrogens (tertiary/aromatic N) is 2. The van der Waals surface area contributed by atoms with Crippen LogP contribution in [0.1, 0.15) is 39.0 Å². The molecule has 0 unspecified atom stereocenters. The summed E-state index contributed by atoms with van der Waals surface area (Å²) in [5.74, 6) is 0.182. The Kier molecular flexibility index (Phi) is 4.79. The van der Waals surface area contributed by atoms with Crippen molar-refractivity contribution in [3.05, 3.63) is 22.5 Å². The molecule has 0 atom stereocenters. The highest BCUT2D eigenvalue weighted by molar-refractivity contribution is 8.01. The van der Waals surface area contributed by atoms with Gasteiger partial charge in [0.2, 0.25) is 5.13 Å². The van der Waals surface area contributed by atoms with Crippen LogP contribution in [0, 0.1) is 13.8 Å². The van der Waals surface area contributed by atoms with Gasteiger partial charge in [-0.05, 0) is 26.3 Å². The van der Waals surface area contributed by atoms with Crippen molar-refractivity contribution >= 4 is 39.8 Å². The molecule has 2 aromatic rings. The molecular weight excluding hydrogens is 308 g/mol. The van der Waals surface area contributed by atoms with E-state index in [2.05, 4.69) is 20.5 Å². The lowest BCUT2D eigenvalue weighted by Gasteiger charge is -1.99. The summed E-state index contributed by atoms with van der Waals surface area (Å²) in [6, 6.07) is 0. The summed E-state index contributed by atoms with van der Waals surface area (Å²) in [5.41, 5.74) is 2.57. The normalized spacial score (nSPS) is 10.7. The third-order valence-electron chi connectivity index (χ3n) is 3.02. The molecule has 112 valence electrons. The Morgan fingerprint density at radius 3 is 2.57 bits per heavy atom. The molecule has 0 spiro atoms. The first-order chi connectivity index (χ1) is 9.93. The van der Waals surface area contributed by atoms with Gasteiger partial charge in [-0.3, -0.25) is 9.59 Å². The van der Waals surface area contributed by atoms with Gasteiger partial charge in [-0.2, -0.15) is 0 Å². The molecule has 0 saturated carbocycles. The van der Waals surface area contributed by atoms with Gasteiger partial charge in [0, 0.05) is 18.3 Å². The van der Waals surface area contributed by atoms with Crippen molar-refractivity contribution in [1.82, 2.24) is 15.2 Å². The summed E-state index contributed by atoms with van der Waals surface area (Å²) in [6.07, 6.45) is 0. The van der Waals surface area contributed by atoms with Crippen molar-refractivity contribution in [2.24, 2.45) is 0 Å². The van der Waals surface area contributed by atoms with E-state index in [9.17, 15) is 9.59 Å². The van der Waals surface area contributed by atoms with Crippen LogP contribution in [0.15, 0.2) is 4.34 Å². The molecule has 0 aliphatic rings. The van der Waals surface area contributed by atoms with E-state index in [1.165, 1.54) is 30.0 Å². The molecule has 0 amide bonds. The molecular formula is C13H16N4O2S2. The second-order valence-corrected chi connectivity index (χ2v) is 6.72. The summed E-state index contributed by atoms with van der Waals surface area (Å²) in [7, 11) is 1.77. The highest BCUT2D eigenvalue weighted by atomic mass is 32.2. The van der Waals surface area contributed by atoms with Gasteiger partial charge in [-0.1, -0.05) is 23.1 Å². The number of carbonyl (C=O) groups is 2. The molecule has 8 heteroatoms. The number of rotatable bonds is 6. The molecule has 2 heterocycles. The topological polar surface area (TPSA) is 87.7 Å². The number of carbonyl (C=O) groups excluding carboxylic acids is 2. The third-order valence-corrected chi connectivity index (χ3v) is 5.09. The van der Waals surface area contributed by atoms with Gasteiger partial charge in [0.15, 0.2) is 15.9 Å². The highest BCUT2D eigenvalue weighted by Gasteiger charge is 2.20. The number of nitrogens with one attached hydrogen (secondary N) is 2. The van der Waals surface area contributed by atoms with Crippen molar-refractivity contribution < 1.29 is 9.59 Å². The van der Waals surface area contributed by atoms with E-state index in [1.807, 2.05) is 0 Å². The van der Waals surface area contributed by atoms with Gasteiger partial charge in [-0.15, -0.1) is 10.2 Å². The Morgan fingerprint density at radius 1 is 1.33 bits per heavy atom. The first kappa shape index (κ1) is 15.7. The minimum Gasteiger partial charge on any atom is -0.363 e. The van der Waals surface area contributed by atoms with Crippen molar-refractivity contribution in [1.29, 1.82) is 0 Å². The molecule has 0 bridgehead atoms. The highest BCUT2D eigenvalue weighted by Crippen LogP contribution is 2.27. The molecule has 21 heavy (non-hydrogen) atoms. The third kappa shape index (κ3) is 3.33. The van der Waals surface area contributed by atoms with Crippen molar-refractivity contribution in [3.63, 3.8) is 0 Å². The Morgan fingerprint density at radius 2 is 2.05 bits per heavy atom. The van der Waals surface area contributed by atoms with Crippen LogP contribution in [0.2, 0.25) is 0 Å². The number of aromatic amines is 1. The average molecular weight is 324 g/mol. The van der Waals surface area contributed by atoms with Crippen LogP contribution in [0.3, 0.4) is 0 Å². The van der Waals surface area contributed by atoms with Gasteiger partial charge in [0.1, 0.15) is 0 Å². The van der Waals surface area contributed by atoms with Crippen LogP contribution >= 0.6 is 23.1 Å². The SMILES string of the molecule is CNc1nnc(SCC(=O)c2[nH]c(C)c(C(C)=O)c2C)s1. The first-order valence-corrected chi connectivity index (χ1v) is 8.11. The maximum atomic E-state index is 12.3. The standard InChI is InChI=1S/C13H16N4O2S2/c1-6-10(8(3)18)7(2)15-11(6)9(19)5-20-13-17-16-12(14-4)21-13/h15H,5H2,1-4H3,(H,14,16). The quantitative estimate of drug-likeness (QED) is 0.627. The van der Waals surface area contributed by atoms with Crippen molar-refractivity contribution in [2.75, 3.05) is 18.1 Å². The average Bonchev–Trinajstić information content (AvgIpc) is 3.00. The van der Waals surface area contributed by atoms with Crippen LogP contribution in [-0.4, -0.2) is 39.5 Å². The summed E-state index contributed by atoms with van der Waals surface area (Å²) in [4.78, 5) is 26.9. The van der Waals surface area contributed by atoms with E-state index in [0.29, 0.717) is 11.3 Å². The summed E-state index contributed by atoms with van der Waals surface area (Å²) in [6.45, 7) is 5.10.